The van der Waals surface area contributed by atoms with Crippen LogP contribution in [-0.2, 0) is 9.53 Å². The quantitative estimate of drug-likeness (QED) is 0.716. The van der Waals surface area contributed by atoms with Gasteiger partial charge < -0.3 is 9.84 Å². The Balaban J connectivity index is 2.37. The van der Waals surface area contributed by atoms with Gasteiger partial charge in [0.05, 0.1) is 0 Å². The third-order valence-corrected chi connectivity index (χ3v) is 3.17. The van der Waals surface area contributed by atoms with Crippen molar-refractivity contribution in [3.8, 4) is 0 Å². The number of carboxylic acids is 1. The Morgan fingerprint density at radius 2 is 1.93 bits per heavy atom. The highest BCUT2D eigenvalue weighted by Crippen LogP contribution is 2.27. The van der Waals surface area contributed by atoms with Crippen LogP contribution in [0, 0.1) is 5.92 Å². The van der Waals surface area contributed by atoms with Gasteiger partial charge in [0.2, 0.25) is 0 Å². The van der Waals surface area contributed by atoms with Crippen LogP contribution in [0.15, 0.2) is 0 Å². The second-order valence-electron chi connectivity index (χ2n) is 4.38. The topological polar surface area (TPSA) is 46.5 Å². The van der Waals surface area contributed by atoms with Crippen molar-refractivity contribution in [3.05, 3.63) is 0 Å². The van der Waals surface area contributed by atoms with Gasteiger partial charge in [-0.3, -0.25) is 0 Å². The maximum absolute atomic E-state index is 10.9. The third kappa shape index (κ3) is 4.65. The maximum Gasteiger partial charge on any atom is 0.332 e. The molecule has 1 saturated carbocycles. The number of ether oxygens (including phenoxy) is 1. The zero-order valence-corrected chi connectivity index (χ0v) is 9.58. The van der Waals surface area contributed by atoms with Crippen LogP contribution in [0.25, 0.3) is 0 Å². The first-order chi connectivity index (χ1) is 7.24. The summed E-state index contributed by atoms with van der Waals surface area (Å²) >= 11 is 0. The Bertz CT molecular complexity index is 183. The summed E-state index contributed by atoms with van der Waals surface area (Å²) in [7, 11) is 0. The number of carbonyl (C=O) groups is 1. The molecule has 0 radical (unpaired) electrons. The van der Waals surface area contributed by atoms with Gasteiger partial charge in [-0.05, 0) is 19.3 Å². The first-order valence-corrected chi connectivity index (χ1v) is 6.08. The number of rotatable bonds is 5. The van der Waals surface area contributed by atoms with Crippen molar-refractivity contribution in [3.63, 3.8) is 0 Å². The highest BCUT2D eigenvalue weighted by atomic mass is 16.5. The number of hydrogen-bond donors (Lipinski definition) is 1. The van der Waals surface area contributed by atoms with Gasteiger partial charge in [-0.1, -0.05) is 38.5 Å². The molecule has 1 aliphatic rings. The van der Waals surface area contributed by atoms with Crippen molar-refractivity contribution in [1.82, 2.24) is 0 Å². The molecule has 0 amide bonds. The lowest BCUT2D eigenvalue weighted by molar-refractivity contribution is -0.151. The molecule has 0 aliphatic heterocycles. The van der Waals surface area contributed by atoms with Crippen LogP contribution in [0.2, 0.25) is 0 Å². The minimum Gasteiger partial charge on any atom is -0.479 e. The molecular weight excluding hydrogens is 192 g/mol. The lowest BCUT2D eigenvalue weighted by Crippen LogP contribution is -2.26. The van der Waals surface area contributed by atoms with Crippen molar-refractivity contribution in [2.75, 3.05) is 6.61 Å². The second kappa shape index (κ2) is 6.83. The van der Waals surface area contributed by atoms with Crippen LogP contribution in [0.1, 0.15) is 51.9 Å². The lowest BCUT2D eigenvalue weighted by atomic mass is 9.94. The average molecular weight is 214 g/mol. The molecule has 3 heteroatoms. The van der Waals surface area contributed by atoms with Crippen molar-refractivity contribution in [2.24, 2.45) is 5.92 Å². The standard InChI is InChI=1S/C12H22O3/c1-2-15-11(12(13)14)9-10-7-5-3-4-6-8-10/h10-11H,2-9H2,1H3,(H,13,14). The van der Waals surface area contributed by atoms with Crippen molar-refractivity contribution in [1.29, 1.82) is 0 Å². The fourth-order valence-corrected chi connectivity index (χ4v) is 2.34. The first-order valence-electron chi connectivity index (χ1n) is 6.08. The number of carboxylic acid groups (broad SMARTS) is 1. The number of aliphatic carboxylic acids is 1. The van der Waals surface area contributed by atoms with E-state index in [1.165, 1.54) is 38.5 Å². The molecule has 88 valence electrons. The molecule has 3 nitrogen and oxygen atoms in total. The highest BCUT2D eigenvalue weighted by Gasteiger charge is 2.23. The van der Waals surface area contributed by atoms with Crippen molar-refractivity contribution >= 4 is 5.97 Å². The van der Waals surface area contributed by atoms with Gasteiger partial charge in [-0.25, -0.2) is 4.79 Å². The van der Waals surface area contributed by atoms with E-state index in [0.717, 1.165) is 0 Å². The molecule has 1 atom stereocenters. The van der Waals surface area contributed by atoms with Crippen LogP contribution in [0.3, 0.4) is 0 Å². The Labute approximate surface area is 91.8 Å². The summed E-state index contributed by atoms with van der Waals surface area (Å²) in [5.74, 6) is -0.249. The Hall–Kier alpha value is -0.570. The molecule has 1 aliphatic carbocycles. The van der Waals surface area contributed by atoms with Gasteiger partial charge in [0.1, 0.15) is 0 Å². The summed E-state index contributed by atoms with van der Waals surface area (Å²) < 4.78 is 5.25. The normalized spacial score (nSPS) is 20.9. The molecule has 0 aromatic heterocycles. The van der Waals surface area contributed by atoms with Gasteiger partial charge in [0, 0.05) is 6.61 Å². The third-order valence-electron chi connectivity index (χ3n) is 3.17. The Morgan fingerprint density at radius 1 is 1.33 bits per heavy atom. The fourth-order valence-electron chi connectivity index (χ4n) is 2.34. The molecule has 0 saturated heterocycles. The van der Waals surface area contributed by atoms with Gasteiger partial charge >= 0.3 is 5.97 Å². The zero-order valence-electron chi connectivity index (χ0n) is 9.58. The molecule has 0 spiro atoms. The van der Waals surface area contributed by atoms with E-state index < -0.39 is 12.1 Å². The highest BCUT2D eigenvalue weighted by molar-refractivity contribution is 5.72. The van der Waals surface area contributed by atoms with E-state index in [9.17, 15) is 4.79 Å². The van der Waals surface area contributed by atoms with Crippen LogP contribution < -0.4 is 0 Å². The van der Waals surface area contributed by atoms with E-state index in [0.29, 0.717) is 18.9 Å². The van der Waals surface area contributed by atoms with Gasteiger partial charge in [-0.15, -0.1) is 0 Å². The molecule has 0 aromatic carbocycles. The molecule has 0 bridgehead atoms. The van der Waals surface area contributed by atoms with E-state index in [1.807, 2.05) is 6.92 Å². The number of hydrogen-bond acceptors (Lipinski definition) is 2. The van der Waals surface area contributed by atoms with Crippen molar-refractivity contribution < 1.29 is 14.6 Å². The first kappa shape index (κ1) is 12.5. The predicted octanol–water partition coefficient (Wildman–Crippen LogP) is 2.84. The SMILES string of the molecule is CCOC(CC1CCCCCC1)C(=O)O. The molecule has 1 fully saturated rings. The molecule has 15 heavy (non-hydrogen) atoms. The predicted molar refractivity (Wildman–Crippen MR) is 58.9 cm³/mol. The second-order valence-corrected chi connectivity index (χ2v) is 4.38. The van der Waals surface area contributed by atoms with Crippen LogP contribution >= 0.6 is 0 Å². The summed E-state index contributed by atoms with van der Waals surface area (Å²) in [4.78, 5) is 10.9. The van der Waals surface area contributed by atoms with Gasteiger partial charge in [-0.2, -0.15) is 0 Å². The lowest BCUT2D eigenvalue weighted by Gasteiger charge is -2.19. The molecule has 1 unspecified atom stereocenters. The minimum atomic E-state index is -0.805. The van der Waals surface area contributed by atoms with E-state index >= 15 is 0 Å². The molecular formula is C12H22O3. The summed E-state index contributed by atoms with van der Waals surface area (Å²) in [5, 5.41) is 8.98. The molecule has 1 N–H and O–H groups in total. The van der Waals surface area contributed by atoms with Crippen LogP contribution in [0.4, 0.5) is 0 Å². The van der Waals surface area contributed by atoms with Crippen LogP contribution in [0.5, 0.6) is 0 Å². The summed E-state index contributed by atoms with van der Waals surface area (Å²) in [5.41, 5.74) is 0. The Kier molecular flexibility index (Phi) is 5.69. The van der Waals surface area contributed by atoms with E-state index in [2.05, 4.69) is 0 Å². The van der Waals surface area contributed by atoms with Gasteiger partial charge in [0.25, 0.3) is 0 Å². The summed E-state index contributed by atoms with van der Waals surface area (Å²) in [6.45, 7) is 2.34. The van der Waals surface area contributed by atoms with Crippen molar-refractivity contribution in [2.45, 2.75) is 58.0 Å². The monoisotopic (exact) mass is 214 g/mol. The Morgan fingerprint density at radius 3 is 2.40 bits per heavy atom. The van der Waals surface area contributed by atoms with E-state index in [-0.39, 0.29) is 0 Å². The van der Waals surface area contributed by atoms with Crippen LogP contribution in [-0.4, -0.2) is 23.8 Å². The molecule has 0 aromatic rings. The van der Waals surface area contributed by atoms with E-state index in [4.69, 9.17) is 9.84 Å². The zero-order chi connectivity index (χ0) is 11.1. The smallest absolute Gasteiger partial charge is 0.332 e. The summed E-state index contributed by atoms with van der Waals surface area (Å²) in [6.07, 6.45) is 7.59. The molecule has 0 heterocycles. The fraction of sp³-hybridized carbons (Fsp3) is 0.917. The maximum atomic E-state index is 10.9. The minimum absolute atomic E-state index is 0.490. The largest absolute Gasteiger partial charge is 0.479 e. The summed E-state index contributed by atoms with van der Waals surface area (Å²) in [6, 6.07) is 0. The van der Waals surface area contributed by atoms with E-state index in [1.54, 1.807) is 0 Å². The molecule has 1 rings (SSSR count). The van der Waals surface area contributed by atoms with Gasteiger partial charge in [0.15, 0.2) is 6.10 Å². The average Bonchev–Trinajstić information content (AvgIpc) is 2.45.